The molecule has 5 N–H and O–H groups in total. The van der Waals surface area contributed by atoms with Crippen LogP contribution in [0.15, 0.2) is 12.1 Å². The lowest BCUT2D eigenvalue weighted by atomic mass is 10.1. The Balaban J connectivity index is 0.00000144. The minimum Gasteiger partial charge on any atom is -0.505 e. The van der Waals surface area contributed by atoms with E-state index in [0.29, 0.717) is 5.56 Å². The number of benzene rings is 1. The summed E-state index contributed by atoms with van der Waals surface area (Å²) in [6, 6.07) is 2.26. The summed E-state index contributed by atoms with van der Waals surface area (Å²) >= 11 is 0. The Morgan fingerprint density at radius 2 is 2.00 bits per heavy atom. The summed E-state index contributed by atoms with van der Waals surface area (Å²) in [5.41, 5.74) is 10.9. The molecule has 0 aliphatic heterocycles. The SMILES string of the molecule is C[C@@H](N)c1ccc(F)c(N)c1O.Cl. The number of aromatic hydroxyl groups is 1. The van der Waals surface area contributed by atoms with Crippen LogP contribution in [0.25, 0.3) is 0 Å². The first kappa shape index (κ1) is 12.0. The van der Waals surface area contributed by atoms with E-state index in [2.05, 4.69) is 0 Å². The summed E-state index contributed by atoms with van der Waals surface area (Å²) in [5, 5.41) is 9.30. The molecule has 1 atom stereocenters. The highest BCUT2D eigenvalue weighted by Gasteiger charge is 2.11. The standard InChI is InChI=1S/C8H11FN2O.ClH/c1-4(10)5-2-3-6(9)7(11)8(5)12;/h2-4,12H,10-11H2,1H3;1H/t4-;/m1./s1. The van der Waals surface area contributed by atoms with E-state index in [9.17, 15) is 9.50 Å². The molecule has 0 spiro atoms. The molecule has 5 heteroatoms. The van der Waals surface area contributed by atoms with Crippen molar-refractivity contribution in [3.8, 4) is 5.75 Å². The molecule has 0 heterocycles. The second-order valence-electron chi connectivity index (χ2n) is 2.69. The first-order valence-corrected chi connectivity index (χ1v) is 3.56. The predicted molar refractivity (Wildman–Crippen MR) is 52.3 cm³/mol. The van der Waals surface area contributed by atoms with Gasteiger partial charge in [-0.05, 0) is 13.0 Å². The van der Waals surface area contributed by atoms with Gasteiger partial charge in [0.1, 0.15) is 17.3 Å². The summed E-state index contributed by atoms with van der Waals surface area (Å²) in [7, 11) is 0. The van der Waals surface area contributed by atoms with E-state index in [1.54, 1.807) is 6.92 Å². The van der Waals surface area contributed by atoms with Crippen LogP contribution in [-0.2, 0) is 0 Å². The topological polar surface area (TPSA) is 72.3 Å². The first-order chi connectivity index (χ1) is 5.54. The average molecular weight is 207 g/mol. The molecule has 1 rings (SSSR count). The van der Waals surface area contributed by atoms with Crippen molar-refractivity contribution in [3.05, 3.63) is 23.5 Å². The zero-order valence-electron chi connectivity index (χ0n) is 7.12. The van der Waals surface area contributed by atoms with Crippen LogP contribution in [-0.4, -0.2) is 5.11 Å². The maximum Gasteiger partial charge on any atom is 0.149 e. The highest BCUT2D eigenvalue weighted by atomic mass is 35.5. The molecule has 3 nitrogen and oxygen atoms in total. The number of phenolic OH excluding ortho intramolecular Hbond substituents is 1. The normalized spacial score (nSPS) is 11.9. The Labute approximate surface area is 82.0 Å². The molecule has 0 saturated carbocycles. The summed E-state index contributed by atoms with van der Waals surface area (Å²) in [6.07, 6.45) is 0. The van der Waals surface area contributed by atoms with Crippen LogP contribution in [0.4, 0.5) is 10.1 Å². The van der Waals surface area contributed by atoms with Gasteiger partial charge in [0, 0.05) is 11.6 Å². The summed E-state index contributed by atoms with van der Waals surface area (Å²) in [6.45, 7) is 1.69. The van der Waals surface area contributed by atoms with Crippen molar-refractivity contribution < 1.29 is 9.50 Å². The zero-order valence-corrected chi connectivity index (χ0v) is 7.94. The van der Waals surface area contributed by atoms with Crippen LogP contribution >= 0.6 is 12.4 Å². The molecule has 1 aromatic carbocycles. The Bertz CT molecular complexity index is 304. The Hall–Kier alpha value is -1.00. The van der Waals surface area contributed by atoms with Gasteiger partial charge in [-0.1, -0.05) is 6.07 Å². The molecule has 0 aliphatic carbocycles. The van der Waals surface area contributed by atoms with Crippen molar-refractivity contribution in [3.63, 3.8) is 0 Å². The number of nitrogens with two attached hydrogens (primary N) is 2. The van der Waals surface area contributed by atoms with Gasteiger partial charge in [-0.15, -0.1) is 12.4 Å². The van der Waals surface area contributed by atoms with Crippen LogP contribution < -0.4 is 11.5 Å². The molecule has 0 aromatic heterocycles. The molecule has 1 aromatic rings. The van der Waals surface area contributed by atoms with Crippen molar-refractivity contribution in [2.45, 2.75) is 13.0 Å². The second kappa shape index (κ2) is 4.30. The van der Waals surface area contributed by atoms with E-state index in [1.807, 2.05) is 0 Å². The van der Waals surface area contributed by atoms with E-state index < -0.39 is 5.82 Å². The predicted octanol–water partition coefficient (Wildman–Crippen LogP) is 1.56. The lowest BCUT2D eigenvalue weighted by Gasteiger charge is -2.10. The lowest BCUT2D eigenvalue weighted by molar-refractivity contribution is 0.461. The molecular weight excluding hydrogens is 195 g/mol. The Morgan fingerprint density at radius 3 is 2.46 bits per heavy atom. The zero-order chi connectivity index (χ0) is 9.30. The van der Waals surface area contributed by atoms with Gasteiger partial charge >= 0.3 is 0 Å². The van der Waals surface area contributed by atoms with Crippen molar-refractivity contribution in [1.29, 1.82) is 0 Å². The highest BCUT2D eigenvalue weighted by Crippen LogP contribution is 2.30. The number of phenols is 1. The number of anilines is 1. The van der Waals surface area contributed by atoms with Gasteiger partial charge in [0.15, 0.2) is 0 Å². The fourth-order valence-electron chi connectivity index (χ4n) is 0.968. The minimum absolute atomic E-state index is 0. The molecule has 0 bridgehead atoms. The third-order valence-electron chi connectivity index (χ3n) is 1.69. The average Bonchev–Trinajstić information content (AvgIpc) is 2.00. The fourth-order valence-corrected chi connectivity index (χ4v) is 0.968. The van der Waals surface area contributed by atoms with Crippen LogP contribution in [0, 0.1) is 5.82 Å². The first-order valence-electron chi connectivity index (χ1n) is 3.56. The van der Waals surface area contributed by atoms with E-state index in [1.165, 1.54) is 12.1 Å². The highest BCUT2D eigenvalue weighted by molar-refractivity contribution is 5.85. The fraction of sp³-hybridized carbons (Fsp3) is 0.250. The van der Waals surface area contributed by atoms with Gasteiger partial charge in [0.2, 0.25) is 0 Å². The monoisotopic (exact) mass is 206 g/mol. The van der Waals surface area contributed by atoms with Gasteiger partial charge in [0.25, 0.3) is 0 Å². The molecule has 0 fully saturated rings. The van der Waals surface area contributed by atoms with E-state index in [-0.39, 0.29) is 29.9 Å². The smallest absolute Gasteiger partial charge is 0.149 e. The number of halogens is 2. The van der Waals surface area contributed by atoms with Crippen LogP contribution in [0.2, 0.25) is 0 Å². The van der Waals surface area contributed by atoms with Gasteiger partial charge < -0.3 is 16.6 Å². The van der Waals surface area contributed by atoms with Crippen LogP contribution in [0.3, 0.4) is 0 Å². The number of rotatable bonds is 1. The quantitative estimate of drug-likeness (QED) is 0.482. The van der Waals surface area contributed by atoms with Gasteiger partial charge in [0.05, 0.1) is 0 Å². The van der Waals surface area contributed by atoms with Gasteiger partial charge in [-0.2, -0.15) is 0 Å². The largest absolute Gasteiger partial charge is 0.505 e. The van der Waals surface area contributed by atoms with E-state index >= 15 is 0 Å². The number of hydrogen-bond acceptors (Lipinski definition) is 3. The van der Waals surface area contributed by atoms with Crippen LogP contribution in [0.1, 0.15) is 18.5 Å². The second-order valence-corrected chi connectivity index (χ2v) is 2.69. The van der Waals surface area contributed by atoms with Crippen molar-refractivity contribution in [2.75, 3.05) is 5.73 Å². The van der Waals surface area contributed by atoms with Crippen molar-refractivity contribution in [2.24, 2.45) is 5.73 Å². The summed E-state index contributed by atoms with van der Waals surface area (Å²) in [4.78, 5) is 0. The number of hydrogen-bond donors (Lipinski definition) is 3. The molecule has 0 aliphatic rings. The van der Waals surface area contributed by atoms with E-state index in [0.717, 1.165) is 0 Å². The molecule has 74 valence electrons. The third-order valence-corrected chi connectivity index (χ3v) is 1.69. The molecule has 0 saturated heterocycles. The van der Waals surface area contributed by atoms with Crippen molar-refractivity contribution >= 4 is 18.1 Å². The molecule has 0 radical (unpaired) electrons. The van der Waals surface area contributed by atoms with Crippen molar-refractivity contribution in [1.82, 2.24) is 0 Å². The van der Waals surface area contributed by atoms with Crippen LogP contribution in [0.5, 0.6) is 5.75 Å². The Kier molecular flexibility index (Phi) is 3.97. The third kappa shape index (κ3) is 2.23. The molecule has 0 unspecified atom stereocenters. The Morgan fingerprint density at radius 1 is 1.46 bits per heavy atom. The lowest BCUT2D eigenvalue weighted by Crippen LogP contribution is -2.06. The molecular formula is C8H12ClFN2O. The molecule has 0 amide bonds. The number of nitrogen functional groups attached to an aromatic ring is 1. The maximum absolute atomic E-state index is 12.7. The summed E-state index contributed by atoms with van der Waals surface area (Å²) < 4.78 is 12.7. The van der Waals surface area contributed by atoms with Gasteiger partial charge in [-0.25, -0.2) is 4.39 Å². The summed E-state index contributed by atoms with van der Waals surface area (Å²) in [5.74, 6) is -0.887. The maximum atomic E-state index is 12.7. The molecule has 13 heavy (non-hydrogen) atoms. The van der Waals surface area contributed by atoms with E-state index in [4.69, 9.17) is 11.5 Å². The van der Waals surface area contributed by atoms with Gasteiger partial charge in [-0.3, -0.25) is 0 Å². The minimum atomic E-state index is -0.628.